The summed E-state index contributed by atoms with van der Waals surface area (Å²) in [7, 11) is 3.14. The van der Waals surface area contributed by atoms with Gasteiger partial charge in [-0.2, -0.15) is 0 Å². The van der Waals surface area contributed by atoms with Crippen LogP contribution in [-0.2, 0) is 0 Å². The van der Waals surface area contributed by atoms with E-state index < -0.39 is 0 Å². The zero-order valence-electron chi connectivity index (χ0n) is 10.7. The monoisotopic (exact) mass is 256 g/mol. The summed E-state index contributed by atoms with van der Waals surface area (Å²) in [5, 5.41) is 23.9. The number of ether oxygens (including phenoxy) is 2. The van der Waals surface area contributed by atoms with E-state index in [9.17, 15) is 0 Å². The molecule has 0 radical (unpaired) electrons. The van der Waals surface area contributed by atoms with Crippen LogP contribution in [0.5, 0.6) is 11.5 Å². The lowest BCUT2D eigenvalue weighted by molar-refractivity contribution is 0.310. The Kier molecular flexibility index (Phi) is 6.10. The van der Waals surface area contributed by atoms with Crippen LogP contribution in [0.15, 0.2) is 12.1 Å². The number of methoxy groups -OCH3 is 2. The van der Waals surface area contributed by atoms with Gasteiger partial charge in [0.15, 0.2) is 0 Å². The Hall–Kier alpha value is -1.66. The molecule has 0 bridgehead atoms. The third kappa shape index (κ3) is 3.68. The minimum Gasteiger partial charge on any atom is -0.497 e. The fourth-order valence-electron chi connectivity index (χ4n) is 1.56. The molecule has 0 saturated heterocycles. The topological polar surface area (TPSA) is 83.0 Å². The molecule has 0 aliphatic rings. The number of nitrogens with one attached hydrogen (secondary N) is 2. The van der Waals surface area contributed by atoms with E-state index in [1.54, 1.807) is 26.4 Å². The van der Waals surface area contributed by atoms with Gasteiger partial charge in [-0.3, -0.25) is 0 Å². The molecule has 18 heavy (non-hydrogen) atoms. The van der Waals surface area contributed by atoms with E-state index in [0.717, 1.165) is 11.4 Å². The van der Waals surface area contributed by atoms with E-state index in [4.69, 9.17) is 19.7 Å². The molecule has 0 heterocycles. The summed E-state index contributed by atoms with van der Waals surface area (Å²) >= 11 is 0. The van der Waals surface area contributed by atoms with Gasteiger partial charge in [0.1, 0.15) is 17.2 Å². The minimum atomic E-state index is 0.0224. The van der Waals surface area contributed by atoms with E-state index in [1.165, 1.54) is 0 Å². The summed E-state index contributed by atoms with van der Waals surface area (Å²) in [4.78, 5) is 0. The third-order valence-electron chi connectivity index (χ3n) is 2.37. The number of aliphatic hydroxyl groups is 2. The maximum absolute atomic E-state index is 8.87. The first-order chi connectivity index (χ1) is 8.76. The Morgan fingerprint density at radius 1 is 1.00 bits per heavy atom. The standard InChI is InChI=1S/C12H20N2O4/c1-17-9-7-10(13-3-5-15)12(14-4-6-16)11(8-9)18-2/h7-8,13-16H,3-6H2,1-2H3. The summed E-state index contributed by atoms with van der Waals surface area (Å²) in [5.41, 5.74) is 1.49. The van der Waals surface area contributed by atoms with Crippen molar-refractivity contribution in [3.63, 3.8) is 0 Å². The zero-order chi connectivity index (χ0) is 13.4. The highest BCUT2D eigenvalue weighted by Crippen LogP contribution is 2.37. The van der Waals surface area contributed by atoms with E-state index in [0.29, 0.717) is 24.6 Å². The Morgan fingerprint density at radius 2 is 1.67 bits per heavy atom. The first-order valence-corrected chi connectivity index (χ1v) is 5.72. The van der Waals surface area contributed by atoms with E-state index in [1.807, 2.05) is 0 Å². The number of rotatable bonds is 8. The first-order valence-electron chi connectivity index (χ1n) is 5.72. The largest absolute Gasteiger partial charge is 0.497 e. The van der Waals surface area contributed by atoms with Crippen LogP contribution in [0.1, 0.15) is 0 Å². The van der Waals surface area contributed by atoms with Gasteiger partial charge in [-0.1, -0.05) is 0 Å². The van der Waals surface area contributed by atoms with Gasteiger partial charge in [-0.05, 0) is 0 Å². The van der Waals surface area contributed by atoms with Crippen molar-refractivity contribution in [3.05, 3.63) is 12.1 Å². The lowest BCUT2D eigenvalue weighted by Gasteiger charge is -2.17. The van der Waals surface area contributed by atoms with Crippen LogP contribution < -0.4 is 20.1 Å². The Morgan fingerprint density at radius 3 is 2.22 bits per heavy atom. The summed E-state index contributed by atoms with van der Waals surface area (Å²) in [6.45, 7) is 0.883. The number of hydrogen-bond donors (Lipinski definition) is 4. The van der Waals surface area contributed by atoms with Gasteiger partial charge >= 0.3 is 0 Å². The van der Waals surface area contributed by atoms with Crippen molar-refractivity contribution in [2.45, 2.75) is 0 Å². The highest BCUT2D eigenvalue weighted by Gasteiger charge is 2.11. The lowest BCUT2D eigenvalue weighted by Crippen LogP contribution is -2.12. The van der Waals surface area contributed by atoms with Crippen LogP contribution in [0, 0.1) is 0 Å². The van der Waals surface area contributed by atoms with Crippen LogP contribution in [0.3, 0.4) is 0 Å². The van der Waals surface area contributed by atoms with Crippen molar-refractivity contribution in [3.8, 4) is 11.5 Å². The Bertz CT molecular complexity index is 371. The number of hydrogen-bond acceptors (Lipinski definition) is 6. The predicted molar refractivity (Wildman–Crippen MR) is 70.7 cm³/mol. The molecule has 6 heteroatoms. The smallest absolute Gasteiger partial charge is 0.147 e. The normalized spacial score (nSPS) is 10.0. The van der Waals surface area contributed by atoms with Crippen molar-refractivity contribution >= 4 is 11.4 Å². The molecule has 102 valence electrons. The van der Waals surface area contributed by atoms with Crippen LogP contribution in [0.4, 0.5) is 11.4 Å². The molecular formula is C12H20N2O4. The fourth-order valence-corrected chi connectivity index (χ4v) is 1.56. The molecular weight excluding hydrogens is 236 g/mol. The predicted octanol–water partition coefficient (Wildman–Crippen LogP) is 0.512. The Balaban J connectivity index is 3.05. The highest BCUT2D eigenvalue weighted by atomic mass is 16.5. The molecule has 1 aromatic carbocycles. The van der Waals surface area contributed by atoms with Gasteiger partial charge in [0.25, 0.3) is 0 Å². The number of aliphatic hydroxyl groups excluding tert-OH is 2. The average Bonchev–Trinajstić information content (AvgIpc) is 2.42. The second-order valence-electron chi connectivity index (χ2n) is 3.55. The summed E-state index contributed by atoms with van der Waals surface area (Å²) in [5.74, 6) is 1.27. The molecule has 6 nitrogen and oxygen atoms in total. The van der Waals surface area contributed by atoms with Crippen molar-refractivity contribution in [1.29, 1.82) is 0 Å². The van der Waals surface area contributed by atoms with Crippen LogP contribution in [0.25, 0.3) is 0 Å². The quantitative estimate of drug-likeness (QED) is 0.542. The molecule has 0 aliphatic heterocycles. The van der Waals surface area contributed by atoms with Gasteiger partial charge in [0.2, 0.25) is 0 Å². The molecule has 0 amide bonds. The Labute approximate surface area is 107 Å². The average molecular weight is 256 g/mol. The second kappa shape index (κ2) is 7.62. The molecule has 0 saturated carbocycles. The lowest BCUT2D eigenvalue weighted by atomic mass is 10.2. The molecule has 4 N–H and O–H groups in total. The highest BCUT2D eigenvalue weighted by molar-refractivity contribution is 5.77. The molecule has 0 aliphatic carbocycles. The number of anilines is 2. The van der Waals surface area contributed by atoms with Crippen molar-refractivity contribution in [2.24, 2.45) is 0 Å². The van der Waals surface area contributed by atoms with E-state index in [-0.39, 0.29) is 13.2 Å². The minimum absolute atomic E-state index is 0.0224. The van der Waals surface area contributed by atoms with Crippen molar-refractivity contribution in [2.75, 3.05) is 51.2 Å². The zero-order valence-corrected chi connectivity index (χ0v) is 10.7. The van der Waals surface area contributed by atoms with Gasteiger partial charge < -0.3 is 30.3 Å². The molecule has 0 fully saturated rings. The van der Waals surface area contributed by atoms with E-state index in [2.05, 4.69) is 10.6 Å². The maximum atomic E-state index is 8.87. The molecule has 1 rings (SSSR count). The van der Waals surface area contributed by atoms with Gasteiger partial charge in [-0.25, -0.2) is 0 Å². The van der Waals surface area contributed by atoms with Gasteiger partial charge in [0, 0.05) is 25.2 Å². The molecule has 1 aromatic rings. The van der Waals surface area contributed by atoms with Crippen molar-refractivity contribution in [1.82, 2.24) is 0 Å². The van der Waals surface area contributed by atoms with Crippen LogP contribution in [0.2, 0.25) is 0 Å². The van der Waals surface area contributed by atoms with Crippen molar-refractivity contribution < 1.29 is 19.7 Å². The maximum Gasteiger partial charge on any atom is 0.147 e. The molecule has 0 spiro atoms. The van der Waals surface area contributed by atoms with Gasteiger partial charge in [-0.15, -0.1) is 0 Å². The second-order valence-corrected chi connectivity index (χ2v) is 3.55. The third-order valence-corrected chi connectivity index (χ3v) is 2.37. The first kappa shape index (κ1) is 14.4. The van der Waals surface area contributed by atoms with Gasteiger partial charge in [0.05, 0.1) is 33.1 Å². The van der Waals surface area contributed by atoms with Crippen LogP contribution >= 0.6 is 0 Å². The van der Waals surface area contributed by atoms with Crippen LogP contribution in [-0.4, -0.2) is 50.7 Å². The number of benzene rings is 1. The summed E-state index contributed by atoms with van der Waals surface area (Å²) in [6, 6.07) is 3.56. The molecule has 0 aromatic heterocycles. The fraction of sp³-hybridized carbons (Fsp3) is 0.500. The molecule has 0 atom stereocenters. The van der Waals surface area contributed by atoms with E-state index >= 15 is 0 Å². The molecule has 0 unspecified atom stereocenters. The SMILES string of the molecule is COc1cc(NCCO)c(NCCO)c(OC)c1. The summed E-state index contributed by atoms with van der Waals surface area (Å²) < 4.78 is 10.5. The summed E-state index contributed by atoms with van der Waals surface area (Å²) in [6.07, 6.45) is 0.